The van der Waals surface area contributed by atoms with Crippen molar-refractivity contribution in [3.8, 4) is 0 Å². The highest BCUT2D eigenvalue weighted by Gasteiger charge is 2.25. The van der Waals surface area contributed by atoms with Gasteiger partial charge in [-0.25, -0.2) is 13.1 Å². The molecule has 1 fully saturated rings. The van der Waals surface area contributed by atoms with Gasteiger partial charge in [-0.3, -0.25) is 4.79 Å². The highest BCUT2D eigenvalue weighted by molar-refractivity contribution is 7.89. The van der Waals surface area contributed by atoms with Crippen LogP contribution in [0.1, 0.15) is 31.7 Å². The van der Waals surface area contributed by atoms with E-state index in [1.165, 1.54) is 6.07 Å². The monoisotopic (exact) mass is 363 g/mol. The van der Waals surface area contributed by atoms with Crippen LogP contribution in [0.3, 0.4) is 0 Å². The zero-order chi connectivity index (χ0) is 18.0. The van der Waals surface area contributed by atoms with Crippen molar-refractivity contribution < 1.29 is 8.42 Å². The van der Waals surface area contributed by atoms with Crippen LogP contribution in [0.4, 0.5) is 0 Å². The van der Waals surface area contributed by atoms with Gasteiger partial charge in [0, 0.05) is 29.6 Å². The third-order valence-corrected chi connectivity index (χ3v) is 6.22. The van der Waals surface area contributed by atoms with Gasteiger partial charge in [-0.2, -0.15) is 0 Å². The second-order valence-corrected chi connectivity index (χ2v) is 8.50. The van der Waals surface area contributed by atoms with Crippen molar-refractivity contribution in [1.82, 2.24) is 14.6 Å². The highest BCUT2D eigenvalue weighted by atomic mass is 32.2. The number of fused-ring (bicyclic) bond motifs is 1. The van der Waals surface area contributed by atoms with E-state index < -0.39 is 10.0 Å². The predicted octanol–water partition coefficient (Wildman–Crippen LogP) is 1.99. The number of piperidine rings is 1. The molecule has 0 radical (unpaired) electrons. The largest absolute Gasteiger partial charge is 0.322 e. The van der Waals surface area contributed by atoms with Gasteiger partial charge in [0.2, 0.25) is 15.6 Å². The molecule has 7 heteroatoms. The Kier molecular flexibility index (Phi) is 5.27. The fourth-order valence-corrected chi connectivity index (χ4v) is 4.81. The van der Waals surface area contributed by atoms with Crippen molar-refractivity contribution in [2.24, 2.45) is 0 Å². The number of hydrogen-bond donors (Lipinski definition) is 2. The smallest absolute Gasteiger partial charge is 0.248 e. The number of aromatic nitrogens is 1. The van der Waals surface area contributed by atoms with Gasteiger partial charge in [0.25, 0.3) is 0 Å². The number of nitrogens with zero attached hydrogens (tertiary/aromatic N) is 1. The van der Waals surface area contributed by atoms with Crippen molar-refractivity contribution in [1.29, 1.82) is 0 Å². The Bertz CT molecular complexity index is 919. The van der Waals surface area contributed by atoms with Crippen molar-refractivity contribution in [2.75, 3.05) is 19.6 Å². The number of sulfonamides is 1. The molecule has 0 bridgehead atoms. The van der Waals surface area contributed by atoms with E-state index in [0.717, 1.165) is 49.8 Å². The van der Waals surface area contributed by atoms with E-state index in [0.29, 0.717) is 5.52 Å². The third kappa shape index (κ3) is 4.11. The number of rotatable bonds is 5. The lowest BCUT2D eigenvalue weighted by molar-refractivity contribution is 0.202. The lowest BCUT2D eigenvalue weighted by atomic mass is 10.1. The number of nitrogens with one attached hydrogen (secondary N) is 2. The quantitative estimate of drug-likeness (QED) is 0.851. The first-order valence-electron chi connectivity index (χ1n) is 8.77. The van der Waals surface area contributed by atoms with Gasteiger partial charge < -0.3 is 9.88 Å². The lowest BCUT2D eigenvalue weighted by Gasteiger charge is -2.32. The summed E-state index contributed by atoms with van der Waals surface area (Å²) in [5, 5.41) is 0.749. The van der Waals surface area contributed by atoms with Crippen LogP contribution in [0.15, 0.2) is 34.0 Å². The van der Waals surface area contributed by atoms with E-state index in [1.807, 2.05) is 6.92 Å². The SMILES string of the molecule is CCCN1CCC[C@@H](NS(=O)(=O)c2ccc3[nH]c(=O)cc(C)c3c2)C1. The molecule has 2 N–H and O–H groups in total. The van der Waals surface area contributed by atoms with E-state index in [-0.39, 0.29) is 16.5 Å². The Morgan fingerprint density at radius 3 is 2.88 bits per heavy atom. The summed E-state index contributed by atoms with van der Waals surface area (Å²) in [6.45, 7) is 6.74. The molecule has 0 saturated carbocycles. The summed E-state index contributed by atoms with van der Waals surface area (Å²) in [5.41, 5.74) is 1.23. The first-order chi connectivity index (χ1) is 11.9. The van der Waals surface area contributed by atoms with Crippen LogP contribution in [0.5, 0.6) is 0 Å². The first kappa shape index (κ1) is 18.1. The first-order valence-corrected chi connectivity index (χ1v) is 10.3. The summed E-state index contributed by atoms with van der Waals surface area (Å²) in [6, 6.07) is 6.26. The van der Waals surface area contributed by atoms with Gasteiger partial charge in [0.15, 0.2) is 0 Å². The molecule has 2 heterocycles. The van der Waals surface area contributed by atoms with Crippen LogP contribution >= 0.6 is 0 Å². The summed E-state index contributed by atoms with van der Waals surface area (Å²) in [4.78, 5) is 16.8. The molecule has 1 aromatic heterocycles. The minimum Gasteiger partial charge on any atom is -0.322 e. The highest BCUT2D eigenvalue weighted by Crippen LogP contribution is 2.21. The third-order valence-electron chi connectivity index (χ3n) is 4.70. The van der Waals surface area contributed by atoms with Crippen LogP contribution < -0.4 is 10.3 Å². The minimum absolute atomic E-state index is 0.0577. The molecule has 136 valence electrons. The van der Waals surface area contributed by atoms with Gasteiger partial charge in [-0.1, -0.05) is 6.92 Å². The molecule has 1 aliphatic heterocycles. The molecule has 3 rings (SSSR count). The van der Waals surface area contributed by atoms with Gasteiger partial charge in [0.1, 0.15) is 0 Å². The number of pyridine rings is 1. The summed E-state index contributed by atoms with van der Waals surface area (Å²) in [7, 11) is -3.59. The molecule has 2 aromatic rings. The Morgan fingerprint density at radius 2 is 2.12 bits per heavy atom. The normalized spacial score (nSPS) is 19.4. The van der Waals surface area contributed by atoms with Crippen molar-refractivity contribution >= 4 is 20.9 Å². The Morgan fingerprint density at radius 1 is 1.32 bits per heavy atom. The standard InChI is InChI=1S/C18H25N3O3S/c1-3-8-21-9-4-5-14(12-21)20-25(23,24)15-6-7-17-16(11-15)13(2)10-18(22)19-17/h6-7,10-11,14,20H,3-5,8-9,12H2,1-2H3,(H,19,22)/t14-/m1/s1. The number of H-pyrrole nitrogens is 1. The zero-order valence-corrected chi connectivity index (χ0v) is 15.5. The Labute approximate surface area is 148 Å². The van der Waals surface area contributed by atoms with Crippen LogP contribution in [0.2, 0.25) is 0 Å². The van der Waals surface area contributed by atoms with Gasteiger partial charge >= 0.3 is 0 Å². The lowest BCUT2D eigenvalue weighted by Crippen LogP contribution is -2.47. The molecule has 25 heavy (non-hydrogen) atoms. The fourth-order valence-electron chi connectivity index (χ4n) is 3.53. The average Bonchev–Trinajstić information content (AvgIpc) is 2.54. The molecule has 1 saturated heterocycles. The maximum Gasteiger partial charge on any atom is 0.248 e. The zero-order valence-electron chi connectivity index (χ0n) is 14.7. The van der Waals surface area contributed by atoms with Crippen molar-refractivity contribution in [2.45, 2.75) is 44.0 Å². The second-order valence-electron chi connectivity index (χ2n) is 6.79. The van der Waals surface area contributed by atoms with Crippen molar-refractivity contribution in [3.63, 3.8) is 0 Å². The van der Waals surface area contributed by atoms with Crippen LogP contribution in [-0.4, -0.2) is 44.0 Å². The minimum atomic E-state index is -3.59. The number of aryl methyl sites for hydroxylation is 1. The summed E-state index contributed by atoms with van der Waals surface area (Å²) >= 11 is 0. The van der Waals surface area contributed by atoms with Gasteiger partial charge in [-0.15, -0.1) is 0 Å². The molecular formula is C18H25N3O3S. The van der Waals surface area contributed by atoms with Crippen molar-refractivity contribution in [3.05, 3.63) is 40.2 Å². The average molecular weight is 363 g/mol. The van der Waals surface area contributed by atoms with Crippen LogP contribution in [-0.2, 0) is 10.0 Å². The second kappa shape index (κ2) is 7.27. The number of likely N-dealkylation sites (tertiary alicyclic amines) is 1. The van der Waals surface area contributed by atoms with Gasteiger partial charge in [-0.05, 0) is 63.0 Å². The molecule has 0 aliphatic carbocycles. The van der Waals surface area contributed by atoms with E-state index >= 15 is 0 Å². The molecule has 6 nitrogen and oxygen atoms in total. The number of hydrogen-bond acceptors (Lipinski definition) is 4. The fraction of sp³-hybridized carbons (Fsp3) is 0.500. The van der Waals surface area contributed by atoms with E-state index in [1.54, 1.807) is 18.2 Å². The Hall–Kier alpha value is -1.70. The molecule has 1 aliphatic rings. The molecule has 1 atom stereocenters. The Balaban J connectivity index is 1.84. The number of aromatic amines is 1. The molecule has 0 unspecified atom stereocenters. The number of benzene rings is 1. The maximum absolute atomic E-state index is 12.8. The summed E-state index contributed by atoms with van der Waals surface area (Å²) < 4.78 is 28.4. The predicted molar refractivity (Wildman–Crippen MR) is 99.4 cm³/mol. The molecule has 0 amide bonds. The van der Waals surface area contributed by atoms with E-state index in [2.05, 4.69) is 21.5 Å². The van der Waals surface area contributed by atoms with Crippen LogP contribution in [0.25, 0.3) is 10.9 Å². The van der Waals surface area contributed by atoms with E-state index in [4.69, 9.17) is 0 Å². The molecule has 0 spiro atoms. The topological polar surface area (TPSA) is 82.3 Å². The maximum atomic E-state index is 12.8. The van der Waals surface area contributed by atoms with E-state index in [9.17, 15) is 13.2 Å². The summed E-state index contributed by atoms with van der Waals surface area (Å²) in [6.07, 6.45) is 2.94. The molecular weight excluding hydrogens is 338 g/mol. The van der Waals surface area contributed by atoms with Gasteiger partial charge in [0.05, 0.1) is 4.90 Å². The van der Waals surface area contributed by atoms with Crippen LogP contribution in [0, 0.1) is 6.92 Å². The molecule has 1 aromatic carbocycles. The summed E-state index contributed by atoms with van der Waals surface area (Å²) in [5.74, 6) is 0.